The number of halogens is 4. The van der Waals surface area contributed by atoms with E-state index in [1.807, 2.05) is 0 Å². The average molecular weight is 430 g/mol. The van der Waals surface area contributed by atoms with E-state index >= 15 is 0 Å². The number of nitrogens with zero attached hydrogens (tertiary/aromatic N) is 2. The fraction of sp³-hybridized carbons (Fsp3) is 0. The van der Waals surface area contributed by atoms with Gasteiger partial charge in [0.25, 0.3) is 15.7 Å². The summed E-state index contributed by atoms with van der Waals surface area (Å²) >= 11 is 23.0. The molecule has 0 saturated carbocycles. The number of non-ortho nitro benzene ring substituents is 1. The van der Waals surface area contributed by atoms with Gasteiger partial charge in [-0.05, 0) is 12.1 Å². The molecular formula is C12H4Cl4N2O5S. The van der Waals surface area contributed by atoms with E-state index in [4.69, 9.17) is 46.4 Å². The highest BCUT2D eigenvalue weighted by Gasteiger charge is 2.31. The van der Waals surface area contributed by atoms with Crippen LogP contribution in [0, 0.1) is 10.1 Å². The summed E-state index contributed by atoms with van der Waals surface area (Å²) in [5, 5.41) is 8.60. The van der Waals surface area contributed by atoms with Gasteiger partial charge in [-0.2, -0.15) is 12.8 Å². The van der Waals surface area contributed by atoms with Gasteiger partial charge in [-0.15, -0.1) is 0 Å². The van der Waals surface area contributed by atoms with E-state index in [0.29, 0.717) is 0 Å². The molecule has 0 atom stereocenters. The standard InChI is InChI=1S/C12H4Cl4N2O5S/c13-7-9(15)12(19)10(16)8(14)11(7)17-24(22,23)6-3-1-5(2-4-6)18(20)21/h1-4H. The molecule has 0 fully saturated rings. The van der Waals surface area contributed by atoms with Crippen LogP contribution in [-0.2, 0) is 14.8 Å². The molecule has 0 bridgehead atoms. The maximum Gasteiger partial charge on any atom is 0.282 e. The Hall–Kier alpha value is -1.45. The second-order valence-electron chi connectivity index (χ2n) is 4.25. The maximum atomic E-state index is 12.3. The number of nitro groups is 1. The van der Waals surface area contributed by atoms with E-state index in [1.54, 1.807) is 0 Å². The number of Topliss-reactive ketones (excluding diaryl/α,β-unsaturated/α-hetero) is 1. The van der Waals surface area contributed by atoms with Crippen LogP contribution in [0.2, 0.25) is 0 Å². The van der Waals surface area contributed by atoms with Crippen LogP contribution in [0.15, 0.2) is 53.7 Å². The van der Waals surface area contributed by atoms with E-state index < -0.39 is 46.6 Å². The SMILES string of the molecule is O=C1C(Cl)=C(Cl)C(=NS(=O)(=O)c2ccc([N+](=O)[O-])cc2)C(Cl)=C1Cl. The lowest BCUT2D eigenvalue weighted by molar-refractivity contribution is -0.384. The molecule has 0 spiro atoms. The van der Waals surface area contributed by atoms with Gasteiger partial charge in [-0.25, -0.2) is 0 Å². The molecule has 0 N–H and O–H groups in total. The van der Waals surface area contributed by atoms with Gasteiger partial charge in [0, 0.05) is 12.1 Å². The Bertz CT molecular complexity index is 918. The molecule has 0 heterocycles. The minimum atomic E-state index is -4.33. The molecule has 24 heavy (non-hydrogen) atoms. The Balaban J connectivity index is 2.56. The number of carbonyl (C=O) groups excluding carboxylic acids is 1. The number of carbonyl (C=O) groups is 1. The first-order chi connectivity index (χ1) is 11.1. The van der Waals surface area contributed by atoms with E-state index in [9.17, 15) is 23.3 Å². The third-order valence-corrected chi connectivity index (χ3v) is 5.70. The van der Waals surface area contributed by atoms with Crippen molar-refractivity contribution in [3.05, 3.63) is 54.5 Å². The normalized spacial score (nSPS) is 15.8. The van der Waals surface area contributed by atoms with Crippen LogP contribution in [0.5, 0.6) is 0 Å². The molecule has 7 nitrogen and oxygen atoms in total. The van der Waals surface area contributed by atoms with Crippen LogP contribution >= 0.6 is 46.4 Å². The van der Waals surface area contributed by atoms with Gasteiger partial charge in [0.2, 0.25) is 5.78 Å². The second kappa shape index (κ2) is 6.81. The lowest BCUT2D eigenvalue weighted by Gasteiger charge is -2.13. The molecule has 126 valence electrons. The number of allylic oxidation sites excluding steroid dienone is 4. The Morgan fingerprint density at radius 1 is 0.917 bits per heavy atom. The molecule has 1 aromatic rings. The van der Waals surface area contributed by atoms with Gasteiger partial charge in [-0.3, -0.25) is 14.9 Å². The van der Waals surface area contributed by atoms with Gasteiger partial charge in [0.05, 0.1) is 19.9 Å². The number of nitro benzene ring substituents is 1. The topological polar surface area (TPSA) is 107 Å². The number of hydrogen-bond donors (Lipinski definition) is 0. The smallest absolute Gasteiger partial charge is 0.282 e. The quantitative estimate of drug-likeness (QED) is 0.413. The first-order valence-corrected chi connectivity index (χ1v) is 8.77. The lowest BCUT2D eigenvalue weighted by Crippen LogP contribution is -2.17. The minimum absolute atomic E-state index is 0.299. The molecule has 0 saturated heterocycles. The number of sulfonamides is 1. The predicted molar refractivity (Wildman–Crippen MR) is 90.2 cm³/mol. The summed E-state index contributed by atoms with van der Waals surface area (Å²) < 4.78 is 28.0. The summed E-state index contributed by atoms with van der Waals surface area (Å²) in [7, 11) is -4.33. The van der Waals surface area contributed by atoms with Crippen LogP contribution in [0.1, 0.15) is 0 Å². The third-order valence-electron chi connectivity index (χ3n) is 2.76. The Morgan fingerprint density at radius 3 is 1.79 bits per heavy atom. The van der Waals surface area contributed by atoms with Gasteiger partial charge in [0.1, 0.15) is 15.8 Å². The Morgan fingerprint density at radius 2 is 1.38 bits per heavy atom. The van der Waals surface area contributed by atoms with Crippen molar-refractivity contribution in [1.29, 1.82) is 0 Å². The molecule has 0 unspecified atom stereocenters. The molecule has 1 aromatic carbocycles. The van der Waals surface area contributed by atoms with Gasteiger partial charge >= 0.3 is 0 Å². The fourth-order valence-corrected chi connectivity index (χ4v) is 3.61. The zero-order valence-electron chi connectivity index (χ0n) is 11.2. The molecule has 0 radical (unpaired) electrons. The number of ketones is 1. The molecule has 1 aliphatic carbocycles. The lowest BCUT2D eigenvalue weighted by atomic mass is 10.1. The summed E-state index contributed by atoms with van der Waals surface area (Å²) in [5.41, 5.74) is -0.793. The predicted octanol–water partition coefficient (Wildman–Crippen LogP) is 3.69. The van der Waals surface area contributed by atoms with Crippen LogP contribution in [0.4, 0.5) is 5.69 Å². The van der Waals surface area contributed by atoms with E-state index in [0.717, 1.165) is 24.3 Å². The van der Waals surface area contributed by atoms with Crippen LogP contribution < -0.4 is 0 Å². The van der Waals surface area contributed by atoms with Crippen molar-refractivity contribution in [3.8, 4) is 0 Å². The highest BCUT2D eigenvalue weighted by Crippen LogP contribution is 2.35. The summed E-state index contributed by atoms with van der Waals surface area (Å²) in [4.78, 5) is 21.2. The van der Waals surface area contributed by atoms with Gasteiger partial charge in [-0.1, -0.05) is 46.4 Å². The second-order valence-corrected chi connectivity index (χ2v) is 7.37. The highest BCUT2D eigenvalue weighted by molar-refractivity contribution is 7.90. The monoisotopic (exact) mass is 428 g/mol. The van der Waals surface area contributed by atoms with Crippen molar-refractivity contribution in [2.75, 3.05) is 0 Å². The zero-order valence-corrected chi connectivity index (χ0v) is 15.0. The molecule has 0 aromatic heterocycles. The maximum absolute atomic E-state index is 12.3. The van der Waals surface area contributed by atoms with E-state index in [1.165, 1.54) is 0 Å². The molecule has 1 aliphatic rings. The van der Waals surface area contributed by atoms with Crippen molar-refractivity contribution in [1.82, 2.24) is 0 Å². The number of rotatable bonds is 3. The van der Waals surface area contributed by atoms with Crippen molar-refractivity contribution >= 4 is 73.6 Å². The van der Waals surface area contributed by atoms with E-state index in [2.05, 4.69) is 4.40 Å². The Kier molecular flexibility index (Phi) is 5.36. The molecule has 2 rings (SSSR count). The molecule has 0 aliphatic heterocycles. The number of hydrogen-bond acceptors (Lipinski definition) is 5. The zero-order chi connectivity index (χ0) is 18.2. The number of benzene rings is 1. The minimum Gasteiger partial charge on any atom is -0.286 e. The summed E-state index contributed by atoms with van der Waals surface area (Å²) in [6.45, 7) is 0. The first kappa shape index (κ1) is 18.9. The molecule has 0 amide bonds. The third kappa shape index (κ3) is 3.47. The van der Waals surface area contributed by atoms with Crippen LogP contribution in [0.25, 0.3) is 0 Å². The highest BCUT2D eigenvalue weighted by atomic mass is 35.5. The van der Waals surface area contributed by atoms with Crippen LogP contribution in [-0.4, -0.2) is 24.8 Å². The van der Waals surface area contributed by atoms with Gasteiger partial charge in [0.15, 0.2) is 0 Å². The van der Waals surface area contributed by atoms with Crippen molar-refractivity contribution in [2.24, 2.45) is 4.40 Å². The summed E-state index contributed by atoms with van der Waals surface area (Å²) in [6, 6.07) is 3.96. The van der Waals surface area contributed by atoms with Gasteiger partial charge < -0.3 is 0 Å². The van der Waals surface area contributed by atoms with Crippen molar-refractivity contribution in [2.45, 2.75) is 4.90 Å². The summed E-state index contributed by atoms with van der Waals surface area (Å²) in [5.74, 6) is -0.861. The van der Waals surface area contributed by atoms with Crippen molar-refractivity contribution < 1.29 is 18.1 Å². The fourth-order valence-electron chi connectivity index (χ4n) is 1.59. The largest absolute Gasteiger partial charge is 0.286 e. The average Bonchev–Trinajstić information content (AvgIpc) is 2.55. The first-order valence-electron chi connectivity index (χ1n) is 5.81. The molecular weight excluding hydrogens is 426 g/mol. The summed E-state index contributed by atoms with van der Waals surface area (Å²) in [6.07, 6.45) is 0. The molecule has 12 heteroatoms. The van der Waals surface area contributed by atoms with Crippen molar-refractivity contribution in [3.63, 3.8) is 0 Å². The Labute approximate surface area is 155 Å². The van der Waals surface area contributed by atoms with E-state index in [-0.39, 0.29) is 10.6 Å². The van der Waals surface area contributed by atoms with Crippen LogP contribution in [0.3, 0.4) is 0 Å².